The minimum atomic E-state index is -1.15. The van der Waals surface area contributed by atoms with Gasteiger partial charge in [0.05, 0.1) is 17.4 Å². The second kappa shape index (κ2) is 7.34. The molecule has 1 aromatic rings. The quantitative estimate of drug-likeness (QED) is 0.593. The molecule has 20 heavy (non-hydrogen) atoms. The van der Waals surface area contributed by atoms with Crippen LogP contribution in [0.15, 0.2) is 18.2 Å². The highest BCUT2D eigenvalue weighted by Crippen LogP contribution is 2.24. The fourth-order valence-corrected chi connectivity index (χ4v) is 1.52. The Morgan fingerprint density at radius 3 is 2.65 bits per heavy atom. The first-order valence-corrected chi connectivity index (χ1v) is 6.16. The van der Waals surface area contributed by atoms with Crippen molar-refractivity contribution in [3.8, 4) is 5.75 Å². The van der Waals surface area contributed by atoms with E-state index in [0.717, 1.165) is 6.07 Å². The van der Waals surface area contributed by atoms with Gasteiger partial charge in [0.1, 0.15) is 5.75 Å². The highest BCUT2D eigenvalue weighted by Gasteiger charge is 2.10. The number of ether oxygens (including phenoxy) is 1. The maximum Gasteiger partial charge on any atom is 0.335 e. The third kappa shape index (κ3) is 4.77. The van der Waals surface area contributed by atoms with Gasteiger partial charge in [-0.1, -0.05) is 0 Å². The lowest BCUT2D eigenvalue weighted by molar-refractivity contribution is 0.0696. The smallest absolute Gasteiger partial charge is 0.335 e. The molecule has 0 aliphatic rings. The molecule has 7 heteroatoms. The number of phenolic OH excluding ortho intramolecular Hbond substituents is 1. The van der Waals surface area contributed by atoms with Crippen LogP contribution in [-0.2, 0) is 4.74 Å². The zero-order valence-electron chi connectivity index (χ0n) is 11.3. The largest absolute Gasteiger partial charge is 0.506 e. The van der Waals surface area contributed by atoms with Gasteiger partial charge in [-0.2, -0.15) is 0 Å². The van der Waals surface area contributed by atoms with E-state index in [1.54, 1.807) is 0 Å². The summed E-state index contributed by atoms with van der Waals surface area (Å²) >= 11 is 0. The number of benzene rings is 1. The van der Waals surface area contributed by atoms with Gasteiger partial charge in [0.2, 0.25) is 0 Å². The van der Waals surface area contributed by atoms with Crippen LogP contribution in [0, 0.1) is 0 Å². The number of anilines is 1. The molecule has 0 saturated carbocycles. The highest BCUT2D eigenvalue weighted by atomic mass is 16.5. The molecule has 1 unspecified atom stereocenters. The summed E-state index contributed by atoms with van der Waals surface area (Å²) in [5.74, 6) is -1.46. The topological polar surface area (TPSA) is 108 Å². The zero-order valence-corrected chi connectivity index (χ0v) is 11.3. The highest BCUT2D eigenvalue weighted by molar-refractivity contribution is 5.93. The summed E-state index contributed by atoms with van der Waals surface area (Å²) in [5.41, 5.74) is 0.0787. The Labute approximate surface area is 116 Å². The fourth-order valence-electron chi connectivity index (χ4n) is 1.52. The third-order valence-electron chi connectivity index (χ3n) is 2.49. The van der Waals surface area contributed by atoms with Crippen molar-refractivity contribution in [2.75, 3.05) is 18.5 Å². The maximum atomic E-state index is 11.6. The van der Waals surface area contributed by atoms with Gasteiger partial charge in [0, 0.05) is 13.2 Å². The molecule has 0 heterocycles. The van der Waals surface area contributed by atoms with Crippen molar-refractivity contribution in [1.82, 2.24) is 5.32 Å². The Kier molecular flexibility index (Phi) is 5.79. The lowest BCUT2D eigenvalue weighted by atomic mass is 10.2. The number of carbonyl (C=O) groups is 2. The number of hydrogen-bond acceptors (Lipinski definition) is 4. The molecule has 0 aliphatic heterocycles. The summed E-state index contributed by atoms with van der Waals surface area (Å²) in [6.45, 7) is 4.57. The molecule has 1 rings (SSSR count). The van der Waals surface area contributed by atoms with Crippen molar-refractivity contribution < 1.29 is 24.5 Å². The van der Waals surface area contributed by atoms with E-state index in [-0.39, 0.29) is 23.1 Å². The second-order valence-electron chi connectivity index (χ2n) is 4.14. The summed E-state index contributed by atoms with van der Waals surface area (Å²) < 4.78 is 5.25. The standard InChI is InChI=1S/C13H18N2O5/c1-3-20-8(2)7-14-13(19)15-10-5-4-9(12(17)18)6-11(10)16/h4-6,8,16H,3,7H2,1-2H3,(H,17,18)(H2,14,15,19). The van der Waals surface area contributed by atoms with Crippen LogP contribution >= 0.6 is 0 Å². The molecule has 110 valence electrons. The Hall–Kier alpha value is -2.28. The van der Waals surface area contributed by atoms with Crippen molar-refractivity contribution >= 4 is 17.7 Å². The monoisotopic (exact) mass is 282 g/mol. The number of rotatable bonds is 6. The molecule has 1 aromatic carbocycles. The predicted molar refractivity (Wildman–Crippen MR) is 73.2 cm³/mol. The average Bonchev–Trinajstić information content (AvgIpc) is 2.39. The van der Waals surface area contributed by atoms with Crippen LogP contribution < -0.4 is 10.6 Å². The number of nitrogens with one attached hydrogen (secondary N) is 2. The molecular formula is C13H18N2O5. The van der Waals surface area contributed by atoms with Crippen LogP contribution in [0.3, 0.4) is 0 Å². The number of carbonyl (C=O) groups excluding carboxylic acids is 1. The summed E-state index contributed by atoms with van der Waals surface area (Å²) in [4.78, 5) is 22.3. The van der Waals surface area contributed by atoms with Crippen LogP contribution in [0.1, 0.15) is 24.2 Å². The van der Waals surface area contributed by atoms with Crippen molar-refractivity contribution in [2.45, 2.75) is 20.0 Å². The van der Waals surface area contributed by atoms with Crippen LogP contribution in [0.2, 0.25) is 0 Å². The molecule has 0 bridgehead atoms. The molecule has 1 atom stereocenters. The number of aromatic hydroxyl groups is 1. The van der Waals surface area contributed by atoms with E-state index in [4.69, 9.17) is 9.84 Å². The number of phenols is 1. The first kappa shape index (κ1) is 15.8. The zero-order chi connectivity index (χ0) is 15.1. The van der Waals surface area contributed by atoms with Crippen LogP contribution in [0.4, 0.5) is 10.5 Å². The summed E-state index contributed by atoms with van der Waals surface area (Å²) in [6.07, 6.45) is -0.117. The van der Waals surface area contributed by atoms with Crippen molar-refractivity contribution in [2.24, 2.45) is 0 Å². The van der Waals surface area contributed by atoms with Crippen LogP contribution in [-0.4, -0.2) is 41.5 Å². The number of aromatic carboxylic acids is 1. The normalized spacial score (nSPS) is 11.7. The molecule has 0 aliphatic carbocycles. The van der Waals surface area contributed by atoms with Gasteiger partial charge in [-0.15, -0.1) is 0 Å². The maximum absolute atomic E-state index is 11.6. The van der Waals surface area contributed by atoms with Gasteiger partial charge < -0.3 is 25.6 Å². The van der Waals surface area contributed by atoms with E-state index in [1.165, 1.54) is 12.1 Å². The van der Waals surface area contributed by atoms with E-state index < -0.39 is 12.0 Å². The molecule has 0 fully saturated rings. The van der Waals surface area contributed by atoms with E-state index in [2.05, 4.69) is 10.6 Å². The Morgan fingerprint density at radius 1 is 1.40 bits per heavy atom. The molecule has 0 aromatic heterocycles. The lowest BCUT2D eigenvalue weighted by Gasteiger charge is -2.13. The van der Waals surface area contributed by atoms with E-state index in [0.29, 0.717) is 13.2 Å². The number of hydrogen-bond donors (Lipinski definition) is 4. The van der Waals surface area contributed by atoms with Gasteiger partial charge in [0.15, 0.2) is 0 Å². The first-order valence-electron chi connectivity index (χ1n) is 6.16. The Bertz CT molecular complexity index is 490. The number of amides is 2. The van der Waals surface area contributed by atoms with Gasteiger partial charge >= 0.3 is 12.0 Å². The van der Waals surface area contributed by atoms with E-state index in [9.17, 15) is 14.7 Å². The SMILES string of the molecule is CCOC(C)CNC(=O)Nc1ccc(C(=O)O)cc1O. The minimum absolute atomic E-state index is 0.0570. The molecule has 0 spiro atoms. The molecule has 4 N–H and O–H groups in total. The fraction of sp³-hybridized carbons (Fsp3) is 0.385. The lowest BCUT2D eigenvalue weighted by Crippen LogP contribution is -2.35. The molecule has 0 saturated heterocycles. The van der Waals surface area contributed by atoms with Gasteiger partial charge in [-0.05, 0) is 32.0 Å². The number of carboxylic acid groups (broad SMARTS) is 1. The van der Waals surface area contributed by atoms with Crippen molar-refractivity contribution in [3.63, 3.8) is 0 Å². The summed E-state index contributed by atoms with van der Waals surface area (Å²) in [7, 11) is 0. The van der Waals surface area contributed by atoms with Crippen molar-refractivity contribution in [3.05, 3.63) is 23.8 Å². The molecular weight excluding hydrogens is 264 g/mol. The number of carboxylic acids is 1. The summed E-state index contributed by atoms with van der Waals surface area (Å²) in [6, 6.07) is 3.18. The van der Waals surface area contributed by atoms with Crippen LogP contribution in [0.5, 0.6) is 5.75 Å². The van der Waals surface area contributed by atoms with E-state index >= 15 is 0 Å². The predicted octanol–water partition coefficient (Wildman–Crippen LogP) is 1.64. The number of urea groups is 1. The van der Waals surface area contributed by atoms with Gasteiger partial charge in [-0.25, -0.2) is 9.59 Å². The van der Waals surface area contributed by atoms with Gasteiger partial charge in [0.25, 0.3) is 0 Å². The third-order valence-corrected chi connectivity index (χ3v) is 2.49. The van der Waals surface area contributed by atoms with Crippen LogP contribution in [0.25, 0.3) is 0 Å². The molecule has 0 radical (unpaired) electrons. The van der Waals surface area contributed by atoms with E-state index in [1.807, 2.05) is 13.8 Å². The Morgan fingerprint density at radius 2 is 2.10 bits per heavy atom. The summed E-state index contributed by atoms with van der Waals surface area (Å²) in [5, 5.41) is 23.4. The van der Waals surface area contributed by atoms with Gasteiger partial charge in [-0.3, -0.25) is 0 Å². The second-order valence-corrected chi connectivity index (χ2v) is 4.14. The Balaban J connectivity index is 2.56. The van der Waals surface area contributed by atoms with Crippen molar-refractivity contribution in [1.29, 1.82) is 0 Å². The molecule has 7 nitrogen and oxygen atoms in total. The average molecular weight is 282 g/mol. The minimum Gasteiger partial charge on any atom is -0.506 e. The molecule has 2 amide bonds. The first-order chi connectivity index (χ1) is 9.43.